The van der Waals surface area contributed by atoms with E-state index in [4.69, 9.17) is 0 Å². The maximum atomic E-state index is 12.4. The summed E-state index contributed by atoms with van der Waals surface area (Å²) in [5, 5.41) is 5.97. The molecule has 126 valence electrons. The van der Waals surface area contributed by atoms with Crippen molar-refractivity contribution in [3.05, 3.63) is 35.9 Å². The SMILES string of the molecule is CCC(C)(C)NC(=O)CN1CCNC(=O)C[C@H]1c1ccccc1. The lowest BCUT2D eigenvalue weighted by Crippen LogP contribution is -2.48. The molecule has 1 aromatic rings. The lowest BCUT2D eigenvalue weighted by atomic mass is 10.0. The summed E-state index contributed by atoms with van der Waals surface area (Å²) < 4.78 is 0. The highest BCUT2D eigenvalue weighted by Crippen LogP contribution is 2.25. The fraction of sp³-hybridized carbons (Fsp3) is 0.556. The van der Waals surface area contributed by atoms with E-state index in [1.54, 1.807) is 0 Å². The van der Waals surface area contributed by atoms with Crippen LogP contribution in [-0.2, 0) is 9.59 Å². The Morgan fingerprint density at radius 1 is 1.35 bits per heavy atom. The van der Waals surface area contributed by atoms with E-state index in [0.29, 0.717) is 26.1 Å². The molecular weight excluding hydrogens is 290 g/mol. The van der Waals surface area contributed by atoms with E-state index in [-0.39, 0.29) is 23.4 Å². The van der Waals surface area contributed by atoms with Crippen LogP contribution in [0, 0.1) is 0 Å². The number of carbonyl (C=O) groups excluding carboxylic acids is 2. The first kappa shape index (κ1) is 17.5. The Morgan fingerprint density at radius 3 is 2.70 bits per heavy atom. The number of hydrogen-bond acceptors (Lipinski definition) is 3. The molecule has 23 heavy (non-hydrogen) atoms. The van der Waals surface area contributed by atoms with Gasteiger partial charge in [-0.2, -0.15) is 0 Å². The first-order chi connectivity index (χ1) is 10.9. The number of nitrogens with one attached hydrogen (secondary N) is 2. The Bertz CT molecular complexity index is 542. The molecule has 5 heteroatoms. The van der Waals surface area contributed by atoms with Crippen LogP contribution in [0.2, 0.25) is 0 Å². The number of amides is 2. The van der Waals surface area contributed by atoms with Crippen molar-refractivity contribution in [1.82, 2.24) is 15.5 Å². The van der Waals surface area contributed by atoms with Crippen LogP contribution in [0.15, 0.2) is 30.3 Å². The zero-order chi connectivity index (χ0) is 16.9. The van der Waals surface area contributed by atoms with Crippen molar-refractivity contribution in [2.45, 2.75) is 45.2 Å². The quantitative estimate of drug-likeness (QED) is 0.871. The minimum Gasteiger partial charge on any atom is -0.355 e. The van der Waals surface area contributed by atoms with E-state index in [2.05, 4.69) is 22.5 Å². The molecule has 1 atom stereocenters. The molecule has 0 aliphatic carbocycles. The van der Waals surface area contributed by atoms with Crippen molar-refractivity contribution in [2.24, 2.45) is 0 Å². The molecule has 2 N–H and O–H groups in total. The van der Waals surface area contributed by atoms with E-state index >= 15 is 0 Å². The summed E-state index contributed by atoms with van der Waals surface area (Å²) in [5.74, 6) is 0.0442. The second-order valence-corrected chi connectivity index (χ2v) is 6.74. The highest BCUT2D eigenvalue weighted by atomic mass is 16.2. The summed E-state index contributed by atoms with van der Waals surface area (Å²) in [4.78, 5) is 26.4. The Balaban J connectivity index is 2.12. The van der Waals surface area contributed by atoms with Gasteiger partial charge in [0.1, 0.15) is 0 Å². The van der Waals surface area contributed by atoms with Crippen LogP contribution in [0.3, 0.4) is 0 Å². The molecule has 1 saturated heterocycles. The molecule has 1 heterocycles. The Kier molecular flexibility index (Phi) is 5.77. The number of benzene rings is 1. The van der Waals surface area contributed by atoms with Gasteiger partial charge in [-0.3, -0.25) is 14.5 Å². The second kappa shape index (κ2) is 7.59. The monoisotopic (exact) mass is 317 g/mol. The molecule has 1 aliphatic rings. The largest absolute Gasteiger partial charge is 0.355 e. The van der Waals surface area contributed by atoms with E-state index in [9.17, 15) is 9.59 Å². The first-order valence-electron chi connectivity index (χ1n) is 8.28. The molecule has 0 unspecified atom stereocenters. The van der Waals surface area contributed by atoms with Gasteiger partial charge < -0.3 is 10.6 Å². The Labute approximate surface area is 138 Å². The first-order valence-corrected chi connectivity index (χ1v) is 8.28. The zero-order valence-electron chi connectivity index (χ0n) is 14.3. The van der Waals surface area contributed by atoms with Crippen LogP contribution in [0.1, 0.15) is 45.2 Å². The van der Waals surface area contributed by atoms with Crippen molar-refractivity contribution in [1.29, 1.82) is 0 Å². The van der Waals surface area contributed by atoms with Gasteiger partial charge in [0.05, 0.1) is 6.54 Å². The van der Waals surface area contributed by atoms with Crippen LogP contribution < -0.4 is 10.6 Å². The predicted octanol–water partition coefficient (Wildman–Crippen LogP) is 1.85. The van der Waals surface area contributed by atoms with Crippen molar-refractivity contribution < 1.29 is 9.59 Å². The third kappa shape index (κ3) is 5.06. The van der Waals surface area contributed by atoms with Crippen LogP contribution in [-0.4, -0.2) is 41.9 Å². The second-order valence-electron chi connectivity index (χ2n) is 6.74. The highest BCUT2D eigenvalue weighted by molar-refractivity contribution is 5.80. The number of hydrogen-bond donors (Lipinski definition) is 2. The van der Waals surface area contributed by atoms with Crippen LogP contribution in [0.5, 0.6) is 0 Å². The van der Waals surface area contributed by atoms with Gasteiger partial charge in [0.15, 0.2) is 0 Å². The molecule has 1 aromatic carbocycles. The Morgan fingerprint density at radius 2 is 2.04 bits per heavy atom. The molecule has 5 nitrogen and oxygen atoms in total. The summed E-state index contributed by atoms with van der Waals surface area (Å²) in [7, 11) is 0. The standard InChI is InChI=1S/C18H27N3O2/c1-4-18(2,3)20-17(23)13-21-11-10-19-16(22)12-15(21)14-8-6-5-7-9-14/h5-9,15H,4,10-13H2,1-3H3,(H,19,22)(H,20,23)/t15-/m0/s1. The zero-order valence-corrected chi connectivity index (χ0v) is 14.3. The van der Waals surface area contributed by atoms with Gasteiger partial charge in [-0.15, -0.1) is 0 Å². The molecule has 0 aromatic heterocycles. The van der Waals surface area contributed by atoms with Gasteiger partial charge in [0, 0.05) is 31.1 Å². The van der Waals surface area contributed by atoms with E-state index in [1.165, 1.54) is 0 Å². The number of rotatable bonds is 5. The smallest absolute Gasteiger partial charge is 0.234 e. The minimum atomic E-state index is -0.209. The van der Waals surface area contributed by atoms with E-state index in [1.807, 2.05) is 44.2 Å². The molecular formula is C18H27N3O2. The molecule has 1 aliphatic heterocycles. The average molecular weight is 317 g/mol. The molecule has 0 saturated carbocycles. The highest BCUT2D eigenvalue weighted by Gasteiger charge is 2.28. The van der Waals surface area contributed by atoms with Crippen LogP contribution in [0.25, 0.3) is 0 Å². The summed E-state index contributed by atoms with van der Waals surface area (Å²) in [6, 6.07) is 9.87. The van der Waals surface area contributed by atoms with Gasteiger partial charge in [0.2, 0.25) is 11.8 Å². The van der Waals surface area contributed by atoms with Gasteiger partial charge in [0.25, 0.3) is 0 Å². The normalized spacial score (nSPS) is 19.8. The van der Waals surface area contributed by atoms with Gasteiger partial charge >= 0.3 is 0 Å². The van der Waals surface area contributed by atoms with Crippen molar-refractivity contribution in [2.75, 3.05) is 19.6 Å². The third-order valence-electron chi connectivity index (χ3n) is 4.43. The van der Waals surface area contributed by atoms with Crippen molar-refractivity contribution in [3.63, 3.8) is 0 Å². The summed E-state index contributed by atoms with van der Waals surface area (Å²) >= 11 is 0. The Hall–Kier alpha value is -1.88. The maximum absolute atomic E-state index is 12.4. The van der Waals surface area contributed by atoms with Crippen molar-refractivity contribution in [3.8, 4) is 0 Å². The fourth-order valence-electron chi connectivity index (χ4n) is 2.75. The van der Waals surface area contributed by atoms with Gasteiger partial charge in [-0.1, -0.05) is 37.3 Å². The van der Waals surface area contributed by atoms with Crippen LogP contribution in [0.4, 0.5) is 0 Å². The molecule has 0 radical (unpaired) electrons. The number of nitrogens with zero attached hydrogens (tertiary/aromatic N) is 1. The van der Waals surface area contributed by atoms with Gasteiger partial charge in [-0.25, -0.2) is 0 Å². The van der Waals surface area contributed by atoms with Crippen LogP contribution >= 0.6 is 0 Å². The lowest BCUT2D eigenvalue weighted by molar-refractivity contribution is -0.125. The minimum absolute atomic E-state index is 0.00660. The predicted molar refractivity (Wildman–Crippen MR) is 90.9 cm³/mol. The third-order valence-corrected chi connectivity index (χ3v) is 4.43. The topological polar surface area (TPSA) is 61.4 Å². The van der Waals surface area contributed by atoms with Gasteiger partial charge in [-0.05, 0) is 25.8 Å². The molecule has 0 bridgehead atoms. The summed E-state index contributed by atoms with van der Waals surface area (Å²) in [6.07, 6.45) is 1.26. The maximum Gasteiger partial charge on any atom is 0.234 e. The van der Waals surface area contributed by atoms with Crippen molar-refractivity contribution >= 4 is 11.8 Å². The van der Waals surface area contributed by atoms with E-state index < -0.39 is 0 Å². The lowest BCUT2D eigenvalue weighted by Gasteiger charge is -2.31. The molecule has 0 spiro atoms. The molecule has 2 rings (SSSR count). The number of carbonyl (C=O) groups is 2. The fourth-order valence-corrected chi connectivity index (χ4v) is 2.75. The molecule has 2 amide bonds. The average Bonchev–Trinajstić information content (AvgIpc) is 2.69. The summed E-state index contributed by atoms with van der Waals surface area (Å²) in [6.45, 7) is 7.65. The molecule has 1 fully saturated rings. The van der Waals surface area contributed by atoms with E-state index in [0.717, 1.165) is 12.0 Å². The summed E-state index contributed by atoms with van der Waals surface area (Å²) in [5.41, 5.74) is 0.867.